The van der Waals surface area contributed by atoms with Crippen LogP contribution in [0.5, 0.6) is 0 Å². The molecule has 5 heteroatoms. The lowest BCUT2D eigenvalue weighted by molar-refractivity contribution is -0.136. The van der Waals surface area contributed by atoms with Crippen molar-refractivity contribution in [1.82, 2.24) is 4.90 Å². The van der Waals surface area contributed by atoms with E-state index in [-0.39, 0.29) is 17.9 Å². The second kappa shape index (κ2) is 5.50. The van der Waals surface area contributed by atoms with Gasteiger partial charge in [-0.25, -0.2) is 0 Å². The fourth-order valence-corrected chi connectivity index (χ4v) is 3.32. The van der Waals surface area contributed by atoms with Gasteiger partial charge in [0.25, 0.3) is 0 Å². The van der Waals surface area contributed by atoms with Crippen molar-refractivity contribution >= 4 is 33.2 Å². The molecule has 2 rings (SSSR count). The van der Waals surface area contributed by atoms with Crippen LogP contribution in [0.4, 0.5) is 0 Å². The van der Waals surface area contributed by atoms with Crippen LogP contribution in [0.2, 0.25) is 0 Å². The lowest BCUT2D eigenvalue weighted by atomic mass is 10.0. The summed E-state index contributed by atoms with van der Waals surface area (Å²) in [6, 6.07) is 2.06. The molecule has 0 aliphatic carbocycles. The van der Waals surface area contributed by atoms with E-state index in [1.54, 1.807) is 16.2 Å². The van der Waals surface area contributed by atoms with Gasteiger partial charge in [-0.3, -0.25) is 4.79 Å². The van der Waals surface area contributed by atoms with Gasteiger partial charge in [0.2, 0.25) is 5.91 Å². The number of rotatable bonds is 3. The molecule has 0 saturated carbocycles. The zero-order valence-corrected chi connectivity index (χ0v) is 12.4. The highest BCUT2D eigenvalue weighted by atomic mass is 79.9. The van der Waals surface area contributed by atoms with Crippen LogP contribution in [0.25, 0.3) is 0 Å². The Labute approximate surface area is 114 Å². The predicted molar refractivity (Wildman–Crippen MR) is 72.0 cm³/mol. The average molecular weight is 318 g/mol. The minimum Gasteiger partial charge on any atom is -0.378 e. The van der Waals surface area contributed by atoms with Crippen molar-refractivity contribution < 1.29 is 9.53 Å². The van der Waals surface area contributed by atoms with Crippen LogP contribution >= 0.6 is 27.3 Å². The molecule has 0 bridgehead atoms. The summed E-state index contributed by atoms with van der Waals surface area (Å²) in [4.78, 5) is 14.0. The molecular formula is C12H16BrNO2S. The molecule has 1 fully saturated rings. The highest BCUT2D eigenvalue weighted by molar-refractivity contribution is 9.11. The first-order chi connectivity index (χ1) is 8.08. The van der Waals surface area contributed by atoms with Gasteiger partial charge in [-0.2, -0.15) is 0 Å². The lowest BCUT2D eigenvalue weighted by Crippen LogP contribution is -2.35. The van der Waals surface area contributed by atoms with Crippen LogP contribution in [0.3, 0.4) is 0 Å². The normalized spacial score (nSPS) is 23.9. The summed E-state index contributed by atoms with van der Waals surface area (Å²) >= 11 is 5.07. The van der Waals surface area contributed by atoms with E-state index < -0.39 is 0 Å². The van der Waals surface area contributed by atoms with Crippen LogP contribution in [-0.2, 0) is 16.1 Å². The number of nitrogens with zero attached hydrogens (tertiary/aromatic N) is 1. The topological polar surface area (TPSA) is 29.5 Å². The van der Waals surface area contributed by atoms with Gasteiger partial charge in [-0.1, -0.05) is 0 Å². The van der Waals surface area contributed by atoms with E-state index in [1.807, 2.05) is 14.0 Å². The molecule has 1 aromatic rings. The Morgan fingerprint density at radius 1 is 1.71 bits per heavy atom. The van der Waals surface area contributed by atoms with Crippen LogP contribution < -0.4 is 0 Å². The van der Waals surface area contributed by atoms with Crippen molar-refractivity contribution in [2.45, 2.75) is 26.0 Å². The van der Waals surface area contributed by atoms with E-state index in [0.29, 0.717) is 13.2 Å². The van der Waals surface area contributed by atoms with Crippen molar-refractivity contribution in [3.63, 3.8) is 0 Å². The first-order valence-electron chi connectivity index (χ1n) is 5.67. The quantitative estimate of drug-likeness (QED) is 0.858. The molecule has 1 aromatic heterocycles. The van der Waals surface area contributed by atoms with Crippen molar-refractivity contribution in [3.8, 4) is 0 Å². The number of hydrogen-bond donors (Lipinski definition) is 0. The number of carbonyl (C=O) groups is 1. The van der Waals surface area contributed by atoms with E-state index in [9.17, 15) is 4.79 Å². The SMILES string of the molecule is CC1OCCC1C(=O)N(C)Cc1csc(Br)c1. The number of carbonyl (C=O) groups excluding carboxylic acids is 1. The summed E-state index contributed by atoms with van der Waals surface area (Å²) in [5.41, 5.74) is 1.17. The molecule has 94 valence electrons. The molecule has 0 N–H and O–H groups in total. The first-order valence-corrected chi connectivity index (χ1v) is 7.34. The molecule has 1 saturated heterocycles. The zero-order valence-electron chi connectivity index (χ0n) is 9.98. The maximum atomic E-state index is 12.2. The zero-order chi connectivity index (χ0) is 12.4. The maximum absolute atomic E-state index is 12.2. The molecular weight excluding hydrogens is 302 g/mol. The molecule has 0 aromatic carbocycles. The predicted octanol–water partition coefficient (Wildman–Crippen LogP) is 2.89. The summed E-state index contributed by atoms with van der Waals surface area (Å²) in [5, 5.41) is 2.07. The molecule has 1 amide bonds. The molecule has 2 unspecified atom stereocenters. The summed E-state index contributed by atoms with van der Waals surface area (Å²) in [6.45, 7) is 3.35. The Morgan fingerprint density at radius 3 is 3.00 bits per heavy atom. The fourth-order valence-electron chi connectivity index (χ4n) is 2.12. The third-order valence-corrected chi connectivity index (χ3v) is 4.66. The van der Waals surface area contributed by atoms with Gasteiger partial charge in [0.05, 0.1) is 15.8 Å². The van der Waals surface area contributed by atoms with E-state index in [4.69, 9.17) is 4.74 Å². The Morgan fingerprint density at radius 2 is 2.47 bits per heavy atom. The van der Waals surface area contributed by atoms with Gasteiger partial charge in [0.1, 0.15) is 0 Å². The molecule has 1 aliphatic heterocycles. The average Bonchev–Trinajstić information content (AvgIpc) is 2.86. The van der Waals surface area contributed by atoms with Gasteiger partial charge in [0, 0.05) is 20.2 Å². The molecule has 2 heterocycles. The van der Waals surface area contributed by atoms with E-state index >= 15 is 0 Å². The molecule has 2 atom stereocenters. The van der Waals surface area contributed by atoms with Crippen LogP contribution in [0.15, 0.2) is 15.2 Å². The fraction of sp³-hybridized carbons (Fsp3) is 0.583. The van der Waals surface area contributed by atoms with Gasteiger partial charge in [0.15, 0.2) is 0 Å². The smallest absolute Gasteiger partial charge is 0.228 e. The first kappa shape index (κ1) is 13.1. The van der Waals surface area contributed by atoms with Crippen molar-refractivity contribution in [3.05, 3.63) is 20.8 Å². The second-order valence-corrected chi connectivity index (χ2v) is 6.71. The van der Waals surface area contributed by atoms with Crippen LogP contribution in [0, 0.1) is 5.92 Å². The Bertz CT molecular complexity index is 407. The Hall–Kier alpha value is -0.390. The van der Waals surface area contributed by atoms with Gasteiger partial charge >= 0.3 is 0 Å². The van der Waals surface area contributed by atoms with Gasteiger partial charge < -0.3 is 9.64 Å². The minimum absolute atomic E-state index is 0.0297. The van der Waals surface area contributed by atoms with Crippen molar-refractivity contribution in [1.29, 1.82) is 0 Å². The lowest BCUT2D eigenvalue weighted by Gasteiger charge is -2.22. The third kappa shape index (κ3) is 3.09. The Balaban J connectivity index is 1.95. The van der Waals surface area contributed by atoms with E-state index in [1.165, 1.54) is 5.56 Å². The summed E-state index contributed by atoms with van der Waals surface area (Å²) in [7, 11) is 1.86. The summed E-state index contributed by atoms with van der Waals surface area (Å²) in [5.74, 6) is 0.222. The van der Waals surface area contributed by atoms with Crippen molar-refractivity contribution in [2.75, 3.05) is 13.7 Å². The largest absolute Gasteiger partial charge is 0.378 e. The van der Waals surface area contributed by atoms with Crippen LogP contribution in [-0.4, -0.2) is 30.6 Å². The minimum atomic E-state index is 0.0297. The third-order valence-electron chi connectivity index (χ3n) is 3.11. The highest BCUT2D eigenvalue weighted by Gasteiger charge is 2.32. The molecule has 0 spiro atoms. The molecule has 17 heavy (non-hydrogen) atoms. The summed E-state index contributed by atoms with van der Waals surface area (Å²) < 4.78 is 6.54. The number of halogens is 1. The number of thiophene rings is 1. The number of amides is 1. The van der Waals surface area contributed by atoms with Crippen molar-refractivity contribution in [2.24, 2.45) is 5.92 Å². The molecule has 3 nitrogen and oxygen atoms in total. The number of ether oxygens (including phenoxy) is 1. The highest BCUT2D eigenvalue weighted by Crippen LogP contribution is 2.25. The Kier molecular flexibility index (Phi) is 4.22. The monoisotopic (exact) mass is 317 g/mol. The number of hydrogen-bond acceptors (Lipinski definition) is 3. The van der Waals surface area contributed by atoms with E-state index in [0.717, 1.165) is 10.2 Å². The molecule has 0 radical (unpaired) electrons. The van der Waals surface area contributed by atoms with E-state index in [2.05, 4.69) is 27.4 Å². The summed E-state index contributed by atoms with van der Waals surface area (Å²) in [6.07, 6.45) is 0.900. The maximum Gasteiger partial charge on any atom is 0.228 e. The second-order valence-electron chi connectivity index (χ2n) is 4.42. The van der Waals surface area contributed by atoms with Crippen LogP contribution in [0.1, 0.15) is 18.9 Å². The molecule has 1 aliphatic rings. The van der Waals surface area contributed by atoms with Gasteiger partial charge in [-0.15, -0.1) is 11.3 Å². The van der Waals surface area contributed by atoms with Gasteiger partial charge in [-0.05, 0) is 46.3 Å². The standard InChI is InChI=1S/C12H16BrNO2S/c1-8-10(3-4-16-8)12(15)14(2)6-9-5-11(13)17-7-9/h5,7-8,10H,3-4,6H2,1-2H3.